The van der Waals surface area contributed by atoms with Crippen LogP contribution >= 0.6 is 0 Å². The van der Waals surface area contributed by atoms with Crippen molar-refractivity contribution in [3.63, 3.8) is 0 Å². The lowest BCUT2D eigenvalue weighted by Crippen LogP contribution is -2.39. The second-order valence-corrected chi connectivity index (χ2v) is 5.94. The number of hydrogen-bond acceptors (Lipinski definition) is 2. The van der Waals surface area contributed by atoms with Crippen LogP contribution < -0.4 is 5.32 Å². The van der Waals surface area contributed by atoms with Gasteiger partial charge in [0.15, 0.2) is 0 Å². The Hall–Kier alpha value is -0.930. The van der Waals surface area contributed by atoms with E-state index in [4.69, 9.17) is 0 Å². The molecule has 2 unspecified atom stereocenters. The van der Waals surface area contributed by atoms with Gasteiger partial charge in [0.05, 0.1) is 0 Å². The van der Waals surface area contributed by atoms with Crippen LogP contribution in [0.1, 0.15) is 44.7 Å². The van der Waals surface area contributed by atoms with Gasteiger partial charge in [-0.25, -0.2) is 4.39 Å². The van der Waals surface area contributed by atoms with Gasteiger partial charge in [-0.05, 0) is 69.4 Å². The zero-order valence-corrected chi connectivity index (χ0v) is 12.7. The van der Waals surface area contributed by atoms with Crippen LogP contribution in [0.25, 0.3) is 0 Å². The first-order chi connectivity index (χ1) is 9.70. The number of piperidine rings is 1. The van der Waals surface area contributed by atoms with E-state index in [0.717, 1.165) is 44.1 Å². The average molecular weight is 278 g/mol. The Kier molecular flexibility index (Phi) is 5.99. The molecule has 0 aromatic heterocycles. The van der Waals surface area contributed by atoms with Crippen molar-refractivity contribution >= 4 is 0 Å². The van der Waals surface area contributed by atoms with E-state index in [2.05, 4.69) is 24.1 Å². The smallest absolute Gasteiger partial charge is 0.123 e. The standard InChI is InChI=1S/C17H27FN2/c1-3-10-20(13-15-6-5-9-19-12-15)14(2)16-7-4-8-17(18)11-16/h4,7-8,11,14-15,19H,3,5-6,9-10,12-13H2,1-2H3. The average Bonchev–Trinajstić information content (AvgIpc) is 2.47. The highest BCUT2D eigenvalue weighted by molar-refractivity contribution is 5.19. The van der Waals surface area contributed by atoms with E-state index >= 15 is 0 Å². The minimum absolute atomic E-state index is 0.134. The maximum absolute atomic E-state index is 13.4. The molecular weight excluding hydrogens is 251 g/mol. The first kappa shape index (κ1) is 15.5. The lowest BCUT2D eigenvalue weighted by molar-refractivity contribution is 0.163. The molecule has 1 fully saturated rings. The second kappa shape index (κ2) is 7.75. The number of nitrogens with zero attached hydrogens (tertiary/aromatic N) is 1. The van der Waals surface area contributed by atoms with E-state index in [1.807, 2.05) is 12.1 Å². The minimum atomic E-state index is -0.134. The van der Waals surface area contributed by atoms with E-state index in [1.165, 1.54) is 18.9 Å². The third kappa shape index (κ3) is 4.29. The van der Waals surface area contributed by atoms with Gasteiger partial charge in [-0.3, -0.25) is 4.90 Å². The van der Waals surface area contributed by atoms with Crippen LogP contribution in [-0.2, 0) is 0 Å². The third-order valence-electron chi connectivity index (χ3n) is 4.28. The molecule has 0 bridgehead atoms. The van der Waals surface area contributed by atoms with Gasteiger partial charge in [-0.2, -0.15) is 0 Å². The molecule has 1 aliphatic heterocycles. The van der Waals surface area contributed by atoms with Crippen LogP contribution in [0.15, 0.2) is 24.3 Å². The Balaban J connectivity index is 2.02. The molecule has 1 aliphatic rings. The Morgan fingerprint density at radius 2 is 2.30 bits per heavy atom. The van der Waals surface area contributed by atoms with Crippen molar-refractivity contribution < 1.29 is 4.39 Å². The van der Waals surface area contributed by atoms with Gasteiger partial charge in [0.2, 0.25) is 0 Å². The van der Waals surface area contributed by atoms with Crippen LogP contribution in [0, 0.1) is 11.7 Å². The predicted molar refractivity (Wildman–Crippen MR) is 82.3 cm³/mol. The van der Waals surface area contributed by atoms with E-state index in [1.54, 1.807) is 6.07 Å². The second-order valence-electron chi connectivity index (χ2n) is 5.94. The summed E-state index contributed by atoms with van der Waals surface area (Å²) in [6, 6.07) is 7.33. The molecule has 2 nitrogen and oxygen atoms in total. The molecule has 1 heterocycles. The van der Waals surface area contributed by atoms with E-state index in [9.17, 15) is 4.39 Å². The highest BCUT2D eigenvalue weighted by Gasteiger charge is 2.21. The molecule has 2 rings (SSSR count). The number of halogens is 1. The number of rotatable bonds is 6. The minimum Gasteiger partial charge on any atom is -0.316 e. The molecule has 112 valence electrons. The maximum atomic E-state index is 13.4. The summed E-state index contributed by atoms with van der Waals surface area (Å²) in [5.74, 6) is 0.594. The van der Waals surface area contributed by atoms with Gasteiger partial charge >= 0.3 is 0 Å². The fraction of sp³-hybridized carbons (Fsp3) is 0.647. The normalized spacial score (nSPS) is 21.1. The highest BCUT2D eigenvalue weighted by Crippen LogP contribution is 2.23. The topological polar surface area (TPSA) is 15.3 Å². The van der Waals surface area contributed by atoms with E-state index in [0.29, 0.717) is 0 Å². The van der Waals surface area contributed by atoms with Crippen LogP contribution in [-0.4, -0.2) is 31.1 Å². The van der Waals surface area contributed by atoms with Crippen molar-refractivity contribution in [3.05, 3.63) is 35.6 Å². The zero-order valence-electron chi connectivity index (χ0n) is 12.7. The SMILES string of the molecule is CCCN(CC1CCCNC1)C(C)c1cccc(F)c1. The zero-order chi connectivity index (χ0) is 14.4. The summed E-state index contributed by atoms with van der Waals surface area (Å²) >= 11 is 0. The molecule has 0 amide bonds. The molecule has 1 aromatic carbocycles. The lowest BCUT2D eigenvalue weighted by Gasteiger charge is -2.34. The van der Waals surface area contributed by atoms with Crippen molar-refractivity contribution in [2.24, 2.45) is 5.92 Å². The van der Waals surface area contributed by atoms with Gasteiger partial charge in [-0.15, -0.1) is 0 Å². The molecule has 1 N–H and O–H groups in total. The molecule has 0 radical (unpaired) electrons. The summed E-state index contributed by atoms with van der Waals surface area (Å²) in [7, 11) is 0. The summed E-state index contributed by atoms with van der Waals surface area (Å²) in [6.45, 7) is 8.87. The van der Waals surface area contributed by atoms with Crippen molar-refractivity contribution in [1.82, 2.24) is 10.2 Å². The van der Waals surface area contributed by atoms with Crippen molar-refractivity contribution in [3.8, 4) is 0 Å². The van der Waals surface area contributed by atoms with E-state index in [-0.39, 0.29) is 11.9 Å². The van der Waals surface area contributed by atoms with Gasteiger partial charge < -0.3 is 5.32 Å². The number of nitrogens with one attached hydrogen (secondary N) is 1. The molecule has 20 heavy (non-hydrogen) atoms. The Morgan fingerprint density at radius 3 is 2.95 bits per heavy atom. The molecule has 3 heteroatoms. The molecule has 0 aliphatic carbocycles. The van der Waals surface area contributed by atoms with Crippen molar-refractivity contribution in [2.75, 3.05) is 26.2 Å². The van der Waals surface area contributed by atoms with Crippen LogP contribution in [0.5, 0.6) is 0 Å². The predicted octanol–water partition coefficient (Wildman–Crippen LogP) is 3.60. The van der Waals surface area contributed by atoms with Crippen LogP contribution in [0.4, 0.5) is 4.39 Å². The summed E-state index contributed by atoms with van der Waals surface area (Å²) in [6.07, 6.45) is 3.72. The summed E-state index contributed by atoms with van der Waals surface area (Å²) in [5.41, 5.74) is 1.09. The molecular formula is C17H27FN2. The van der Waals surface area contributed by atoms with E-state index < -0.39 is 0 Å². The lowest BCUT2D eigenvalue weighted by atomic mass is 9.97. The van der Waals surface area contributed by atoms with Gasteiger partial charge in [0.25, 0.3) is 0 Å². The fourth-order valence-corrected chi connectivity index (χ4v) is 3.12. The summed E-state index contributed by atoms with van der Waals surface area (Å²) in [4.78, 5) is 2.51. The largest absolute Gasteiger partial charge is 0.316 e. The molecule has 1 aromatic rings. The Bertz CT molecular complexity index is 402. The first-order valence-electron chi connectivity index (χ1n) is 7.91. The van der Waals surface area contributed by atoms with Gasteiger partial charge in [-0.1, -0.05) is 19.1 Å². The van der Waals surface area contributed by atoms with Gasteiger partial charge in [0, 0.05) is 12.6 Å². The highest BCUT2D eigenvalue weighted by atomic mass is 19.1. The molecule has 2 atom stereocenters. The quantitative estimate of drug-likeness (QED) is 0.855. The first-order valence-corrected chi connectivity index (χ1v) is 7.91. The fourth-order valence-electron chi connectivity index (χ4n) is 3.12. The maximum Gasteiger partial charge on any atom is 0.123 e. The summed E-state index contributed by atoms with van der Waals surface area (Å²) in [5, 5.41) is 3.48. The van der Waals surface area contributed by atoms with Crippen molar-refractivity contribution in [1.29, 1.82) is 0 Å². The molecule has 1 saturated heterocycles. The van der Waals surface area contributed by atoms with Crippen LogP contribution in [0.3, 0.4) is 0 Å². The Labute approximate surface area is 122 Å². The number of benzene rings is 1. The monoisotopic (exact) mass is 278 g/mol. The Morgan fingerprint density at radius 1 is 1.45 bits per heavy atom. The number of hydrogen-bond donors (Lipinski definition) is 1. The van der Waals surface area contributed by atoms with Crippen LogP contribution in [0.2, 0.25) is 0 Å². The third-order valence-corrected chi connectivity index (χ3v) is 4.28. The molecule has 0 saturated carbocycles. The van der Waals surface area contributed by atoms with Gasteiger partial charge in [0.1, 0.15) is 5.82 Å². The molecule has 0 spiro atoms. The van der Waals surface area contributed by atoms with Crippen molar-refractivity contribution in [2.45, 2.75) is 39.2 Å². The summed E-state index contributed by atoms with van der Waals surface area (Å²) < 4.78 is 13.4.